The third kappa shape index (κ3) is 3.26. The number of alkyl halides is 2. The van der Waals surface area contributed by atoms with Gasteiger partial charge >= 0.3 is 5.97 Å². The molecule has 0 saturated carbocycles. The van der Waals surface area contributed by atoms with Gasteiger partial charge in [-0.3, -0.25) is 4.79 Å². The van der Waals surface area contributed by atoms with Crippen LogP contribution in [0.15, 0.2) is 24.3 Å². The van der Waals surface area contributed by atoms with Gasteiger partial charge in [-0.15, -0.1) is 23.2 Å². The lowest BCUT2D eigenvalue weighted by Gasteiger charge is -2.16. The molecule has 0 bridgehead atoms. The fourth-order valence-corrected chi connectivity index (χ4v) is 1.82. The maximum Gasteiger partial charge on any atom is 0.312 e. The summed E-state index contributed by atoms with van der Waals surface area (Å²) in [6.45, 7) is 0. The molecule has 0 amide bonds. The molecular formula is C10H9Cl3O2. The molecular weight excluding hydrogens is 258 g/mol. The van der Waals surface area contributed by atoms with Gasteiger partial charge in [0, 0.05) is 10.9 Å². The number of carboxylic acid groups (broad SMARTS) is 1. The Morgan fingerprint density at radius 2 is 1.87 bits per heavy atom. The largest absolute Gasteiger partial charge is 0.481 e. The summed E-state index contributed by atoms with van der Waals surface area (Å²) in [5, 5.41) is 8.94. The van der Waals surface area contributed by atoms with Crippen molar-refractivity contribution >= 4 is 40.8 Å². The average Bonchev–Trinajstić information content (AvgIpc) is 2.20. The quantitative estimate of drug-likeness (QED) is 0.850. The Bertz CT molecular complexity index is 337. The van der Waals surface area contributed by atoms with Gasteiger partial charge in [0.2, 0.25) is 0 Å². The van der Waals surface area contributed by atoms with Crippen LogP contribution in [0.1, 0.15) is 11.5 Å². The first-order valence-corrected chi connectivity index (χ1v) is 5.59. The van der Waals surface area contributed by atoms with Crippen molar-refractivity contribution in [3.05, 3.63) is 34.9 Å². The fraction of sp³-hybridized carbons (Fsp3) is 0.300. The van der Waals surface area contributed by atoms with E-state index >= 15 is 0 Å². The zero-order valence-corrected chi connectivity index (χ0v) is 9.93. The topological polar surface area (TPSA) is 37.3 Å². The van der Waals surface area contributed by atoms with E-state index in [-0.39, 0.29) is 5.88 Å². The van der Waals surface area contributed by atoms with E-state index in [0.29, 0.717) is 10.6 Å². The number of carboxylic acids is 1. The Kier molecular flexibility index (Phi) is 4.71. The first-order valence-electron chi connectivity index (χ1n) is 4.24. The van der Waals surface area contributed by atoms with E-state index in [2.05, 4.69) is 0 Å². The molecule has 0 aromatic heterocycles. The van der Waals surface area contributed by atoms with Crippen molar-refractivity contribution in [3.8, 4) is 0 Å². The predicted octanol–water partition coefficient (Wildman–Crippen LogP) is 3.35. The fourth-order valence-electron chi connectivity index (χ4n) is 1.27. The highest BCUT2D eigenvalue weighted by molar-refractivity contribution is 6.30. The molecule has 2 nitrogen and oxygen atoms in total. The highest BCUT2D eigenvalue weighted by Crippen LogP contribution is 2.26. The van der Waals surface area contributed by atoms with Gasteiger partial charge in [0.1, 0.15) is 0 Å². The molecule has 0 heterocycles. The summed E-state index contributed by atoms with van der Waals surface area (Å²) in [4.78, 5) is 11.0. The highest BCUT2D eigenvalue weighted by Gasteiger charge is 2.27. The van der Waals surface area contributed by atoms with Crippen LogP contribution in [-0.2, 0) is 4.79 Å². The van der Waals surface area contributed by atoms with E-state index in [1.807, 2.05) is 0 Å². The minimum atomic E-state index is -0.988. The van der Waals surface area contributed by atoms with Crippen LogP contribution < -0.4 is 0 Å². The predicted molar refractivity (Wildman–Crippen MR) is 62.2 cm³/mol. The number of benzene rings is 1. The van der Waals surface area contributed by atoms with Gasteiger partial charge in [0.05, 0.1) is 11.3 Å². The summed E-state index contributed by atoms with van der Waals surface area (Å²) < 4.78 is 0. The smallest absolute Gasteiger partial charge is 0.312 e. The zero-order valence-electron chi connectivity index (χ0n) is 7.66. The maximum absolute atomic E-state index is 11.0. The van der Waals surface area contributed by atoms with Crippen LogP contribution in [0.4, 0.5) is 0 Å². The van der Waals surface area contributed by atoms with Crippen LogP contribution in [0.3, 0.4) is 0 Å². The lowest BCUT2D eigenvalue weighted by molar-refractivity contribution is -0.138. The van der Waals surface area contributed by atoms with Crippen molar-refractivity contribution in [1.29, 1.82) is 0 Å². The summed E-state index contributed by atoms with van der Waals surface area (Å²) >= 11 is 17.1. The molecule has 1 N–H and O–H groups in total. The van der Waals surface area contributed by atoms with Gasteiger partial charge in [0.25, 0.3) is 0 Å². The Balaban J connectivity index is 2.99. The zero-order chi connectivity index (χ0) is 11.4. The van der Waals surface area contributed by atoms with E-state index in [9.17, 15) is 4.79 Å². The lowest BCUT2D eigenvalue weighted by atomic mass is 9.96. The van der Waals surface area contributed by atoms with Crippen molar-refractivity contribution in [3.63, 3.8) is 0 Å². The van der Waals surface area contributed by atoms with E-state index < -0.39 is 17.3 Å². The summed E-state index contributed by atoms with van der Waals surface area (Å²) in [6, 6.07) is 6.54. The van der Waals surface area contributed by atoms with Gasteiger partial charge in [-0.25, -0.2) is 0 Å². The highest BCUT2D eigenvalue weighted by atomic mass is 35.5. The number of aliphatic carboxylic acids is 1. The molecule has 0 spiro atoms. The second kappa shape index (κ2) is 5.59. The molecule has 0 fully saturated rings. The summed E-state index contributed by atoms with van der Waals surface area (Å²) in [6.07, 6.45) is 0. The Hall–Kier alpha value is -0.440. The third-order valence-electron chi connectivity index (χ3n) is 2.00. The van der Waals surface area contributed by atoms with Gasteiger partial charge in [-0.1, -0.05) is 23.7 Å². The van der Waals surface area contributed by atoms with E-state index in [1.165, 1.54) is 0 Å². The first-order chi connectivity index (χ1) is 7.06. The average molecular weight is 268 g/mol. The van der Waals surface area contributed by atoms with E-state index in [1.54, 1.807) is 24.3 Å². The number of carbonyl (C=O) groups is 1. The van der Waals surface area contributed by atoms with Gasteiger partial charge in [-0.2, -0.15) is 0 Å². The Morgan fingerprint density at radius 1 is 1.33 bits per heavy atom. The first kappa shape index (κ1) is 12.6. The lowest BCUT2D eigenvalue weighted by Crippen LogP contribution is -2.23. The van der Waals surface area contributed by atoms with E-state index in [0.717, 1.165) is 0 Å². The summed E-state index contributed by atoms with van der Waals surface area (Å²) in [5.41, 5.74) is 0.604. The number of halogens is 3. The van der Waals surface area contributed by atoms with Crippen LogP contribution in [0.5, 0.6) is 0 Å². The SMILES string of the molecule is O=C(O)C(c1ccc(Cl)cc1)C(Cl)CCl. The molecule has 0 aliphatic rings. The van der Waals surface area contributed by atoms with Gasteiger partial charge in [-0.05, 0) is 17.7 Å². The van der Waals surface area contributed by atoms with Crippen LogP contribution in [0, 0.1) is 0 Å². The molecule has 0 aliphatic heterocycles. The number of rotatable bonds is 4. The summed E-state index contributed by atoms with van der Waals surface area (Å²) in [7, 11) is 0. The van der Waals surface area contributed by atoms with Gasteiger partial charge in [0.15, 0.2) is 0 Å². The van der Waals surface area contributed by atoms with Crippen molar-refractivity contribution in [2.75, 3.05) is 5.88 Å². The molecule has 1 aromatic carbocycles. The molecule has 2 atom stereocenters. The van der Waals surface area contributed by atoms with Gasteiger partial charge < -0.3 is 5.11 Å². The molecule has 2 unspecified atom stereocenters. The van der Waals surface area contributed by atoms with E-state index in [4.69, 9.17) is 39.9 Å². The molecule has 1 rings (SSSR count). The normalized spacial score (nSPS) is 14.6. The third-order valence-corrected chi connectivity index (χ3v) is 3.15. The molecule has 0 saturated heterocycles. The monoisotopic (exact) mass is 266 g/mol. The van der Waals surface area contributed by atoms with Crippen molar-refractivity contribution in [2.24, 2.45) is 0 Å². The molecule has 82 valence electrons. The number of hydrogen-bond donors (Lipinski definition) is 1. The van der Waals surface area contributed by atoms with Crippen LogP contribution >= 0.6 is 34.8 Å². The Morgan fingerprint density at radius 3 is 2.27 bits per heavy atom. The van der Waals surface area contributed by atoms with Crippen LogP contribution in [0.25, 0.3) is 0 Å². The molecule has 1 aromatic rings. The minimum absolute atomic E-state index is 0.0845. The number of hydrogen-bond acceptors (Lipinski definition) is 1. The second-order valence-corrected chi connectivity index (χ2v) is 4.34. The molecule has 5 heteroatoms. The summed E-state index contributed by atoms with van der Waals surface area (Å²) in [5.74, 6) is -1.71. The molecule has 0 aliphatic carbocycles. The van der Waals surface area contributed by atoms with Crippen molar-refractivity contribution in [2.45, 2.75) is 11.3 Å². The van der Waals surface area contributed by atoms with Crippen LogP contribution in [0.2, 0.25) is 5.02 Å². The second-order valence-electron chi connectivity index (χ2n) is 3.04. The Labute approximate surface area is 103 Å². The maximum atomic E-state index is 11.0. The van der Waals surface area contributed by atoms with Crippen molar-refractivity contribution < 1.29 is 9.90 Å². The van der Waals surface area contributed by atoms with Crippen LogP contribution in [-0.4, -0.2) is 22.3 Å². The standard InChI is InChI=1S/C10H9Cl3O2/c11-5-8(13)9(10(14)15)6-1-3-7(12)4-2-6/h1-4,8-9H,5H2,(H,14,15). The minimum Gasteiger partial charge on any atom is -0.481 e. The van der Waals surface area contributed by atoms with Crippen molar-refractivity contribution in [1.82, 2.24) is 0 Å². The molecule has 15 heavy (non-hydrogen) atoms. The molecule has 0 radical (unpaired) electrons.